The highest BCUT2D eigenvalue weighted by molar-refractivity contribution is 8.00. The SMILES string of the molecule is N/C(=N/O)c1c(F)cccc1NC(=O)C1CCCCS1. The number of hydrogen-bond donors (Lipinski definition) is 3. The molecule has 1 unspecified atom stereocenters. The van der Waals surface area contributed by atoms with Crippen LogP contribution in [0.5, 0.6) is 0 Å². The van der Waals surface area contributed by atoms with Crippen LogP contribution >= 0.6 is 11.8 Å². The van der Waals surface area contributed by atoms with Gasteiger partial charge in [-0.2, -0.15) is 0 Å². The second-order valence-electron chi connectivity index (χ2n) is 4.49. The molecular formula is C13H16FN3O2S. The predicted molar refractivity (Wildman–Crippen MR) is 77.6 cm³/mol. The molecule has 5 nitrogen and oxygen atoms in total. The van der Waals surface area contributed by atoms with E-state index < -0.39 is 5.82 Å². The molecule has 4 N–H and O–H groups in total. The predicted octanol–water partition coefficient (Wildman–Crippen LogP) is 2.14. The molecule has 7 heteroatoms. The van der Waals surface area contributed by atoms with Gasteiger partial charge in [0, 0.05) is 0 Å². The second-order valence-corrected chi connectivity index (χ2v) is 5.80. The highest BCUT2D eigenvalue weighted by Crippen LogP contribution is 2.27. The lowest BCUT2D eigenvalue weighted by Gasteiger charge is -2.21. The summed E-state index contributed by atoms with van der Waals surface area (Å²) in [4.78, 5) is 12.1. The zero-order valence-electron chi connectivity index (χ0n) is 10.8. The summed E-state index contributed by atoms with van der Waals surface area (Å²) in [6.07, 6.45) is 2.94. The van der Waals surface area contributed by atoms with Gasteiger partial charge >= 0.3 is 0 Å². The van der Waals surface area contributed by atoms with Crippen molar-refractivity contribution in [1.82, 2.24) is 0 Å². The molecule has 0 saturated carbocycles. The van der Waals surface area contributed by atoms with Gasteiger partial charge in [-0.15, -0.1) is 11.8 Å². The van der Waals surface area contributed by atoms with Crippen molar-refractivity contribution in [3.8, 4) is 0 Å². The molecule has 0 spiro atoms. The van der Waals surface area contributed by atoms with Gasteiger partial charge in [0.2, 0.25) is 5.91 Å². The number of carbonyl (C=O) groups is 1. The number of nitrogens with zero attached hydrogens (tertiary/aromatic N) is 1. The van der Waals surface area contributed by atoms with E-state index in [0.717, 1.165) is 25.0 Å². The van der Waals surface area contributed by atoms with Gasteiger partial charge < -0.3 is 16.3 Å². The molecule has 0 aliphatic carbocycles. The number of halogens is 1. The number of amidine groups is 1. The summed E-state index contributed by atoms with van der Waals surface area (Å²) in [5, 5.41) is 14.0. The van der Waals surface area contributed by atoms with Crippen LogP contribution in [0.4, 0.5) is 10.1 Å². The monoisotopic (exact) mass is 297 g/mol. The Kier molecular flexibility index (Phi) is 4.84. The number of thioether (sulfide) groups is 1. The van der Waals surface area contributed by atoms with Gasteiger partial charge in [-0.05, 0) is 30.7 Å². The third-order valence-electron chi connectivity index (χ3n) is 3.11. The van der Waals surface area contributed by atoms with Gasteiger partial charge in [-0.1, -0.05) is 17.6 Å². The van der Waals surface area contributed by atoms with Gasteiger partial charge in [0.25, 0.3) is 0 Å². The number of hydrogen-bond acceptors (Lipinski definition) is 4. The summed E-state index contributed by atoms with van der Waals surface area (Å²) in [7, 11) is 0. The number of rotatable bonds is 3. The maximum absolute atomic E-state index is 13.8. The first-order valence-electron chi connectivity index (χ1n) is 6.32. The summed E-state index contributed by atoms with van der Waals surface area (Å²) in [5.74, 6) is -0.231. The lowest BCUT2D eigenvalue weighted by molar-refractivity contribution is -0.115. The van der Waals surface area contributed by atoms with Crippen molar-refractivity contribution in [3.05, 3.63) is 29.6 Å². The van der Waals surface area contributed by atoms with Gasteiger partial charge in [-0.3, -0.25) is 4.79 Å². The Labute approximate surface area is 120 Å². The van der Waals surface area contributed by atoms with Crippen molar-refractivity contribution in [2.75, 3.05) is 11.1 Å². The highest BCUT2D eigenvalue weighted by atomic mass is 32.2. The average Bonchev–Trinajstić information content (AvgIpc) is 2.47. The van der Waals surface area contributed by atoms with E-state index in [9.17, 15) is 9.18 Å². The van der Waals surface area contributed by atoms with Crippen LogP contribution in [0.25, 0.3) is 0 Å². The lowest BCUT2D eigenvalue weighted by atomic mass is 10.1. The summed E-state index contributed by atoms with van der Waals surface area (Å²) in [6.45, 7) is 0. The maximum atomic E-state index is 13.8. The van der Waals surface area contributed by atoms with E-state index in [0.29, 0.717) is 0 Å². The van der Waals surface area contributed by atoms with Gasteiger partial charge in [0.15, 0.2) is 5.84 Å². The molecule has 0 radical (unpaired) electrons. The van der Waals surface area contributed by atoms with E-state index in [-0.39, 0.29) is 28.2 Å². The van der Waals surface area contributed by atoms with Crippen molar-refractivity contribution >= 4 is 29.2 Å². The number of anilines is 1. The molecule has 0 aromatic heterocycles. The number of nitrogens with one attached hydrogen (secondary N) is 1. The van der Waals surface area contributed by atoms with Crippen LogP contribution in [0, 0.1) is 5.82 Å². The second kappa shape index (κ2) is 6.60. The van der Waals surface area contributed by atoms with Crippen LogP contribution in [0.3, 0.4) is 0 Å². The first-order chi connectivity index (χ1) is 9.63. The molecule has 1 atom stereocenters. The van der Waals surface area contributed by atoms with Crippen molar-refractivity contribution < 1.29 is 14.4 Å². The molecule has 20 heavy (non-hydrogen) atoms. The number of benzene rings is 1. The Balaban J connectivity index is 2.20. The molecule has 1 heterocycles. The Morgan fingerprint density at radius 3 is 2.95 bits per heavy atom. The van der Waals surface area contributed by atoms with Crippen LogP contribution in [-0.2, 0) is 4.79 Å². The molecule has 1 saturated heterocycles. The average molecular weight is 297 g/mol. The Morgan fingerprint density at radius 1 is 1.50 bits per heavy atom. The van der Waals surface area contributed by atoms with E-state index in [2.05, 4.69) is 10.5 Å². The fourth-order valence-corrected chi connectivity index (χ4v) is 3.30. The highest BCUT2D eigenvalue weighted by Gasteiger charge is 2.23. The molecule has 1 aliphatic rings. The fourth-order valence-electron chi connectivity index (χ4n) is 2.10. The lowest BCUT2D eigenvalue weighted by Crippen LogP contribution is -2.29. The minimum atomic E-state index is -0.644. The Bertz CT molecular complexity index is 530. The van der Waals surface area contributed by atoms with Crippen LogP contribution in [0.1, 0.15) is 24.8 Å². The van der Waals surface area contributed by atoms with Crippen molar-refractivity contribution in [3.63, 3.8) is 0 Å². The molecule has 1 fully saturated rings. The van der Waals surface area contributed by atoms with E-state index in [4.69, 9.17) is 10.9 Å². The van der Waals surface area contributed by atoms with E-state index >= 15 is 0 Å². The van der Waals surface area contributed by atoms with E-state index in [1.54, 1.807) is 11.8 Å². The normalized spacial score (nSPS) is 19.6. The van der Waals surface area contributed by atoms with E-state index in [1.165, 1.54) is 18.2 Å². The molecule has 1 aliphatic heterocycles. The zero-order chi connectivity index (χ0) is 14.5. The fraction of sp³-hybridized carbons (Fsp3) is 0.385. The summed E-state index contributed by atoms with van der Waals surface area (Å²) in [5.41, 5.74) is 5.58. The van der Waals surface area contributed by atoms with Gasteiger partial charge in [0.05, 0.1) is 16.5 Å². The summed E-state index contributed by atoms with van der Waals surface area (Å²) in [6, 6.07) is 4.19. The van der Waals surface area contributed by atoms with Crippen LogP contribution in [0.15, 0.2) is 23.4 Å². The standard InChI is InChI=1S/C13H16FN3O2S/c14-8-4-3-5-9(11(8)12(15)17-19)16-13(18)10-6-1-2-7-20-10/h3-5,10,19H,1-2,6-7H2,(H2,15,17)(H,16,18). The molecule has 1 aromatic rings. The molecular weight excluding hydrogens is 281 g/mol. The summed E-state index contributed by atoms with van der Waals surface area (Å²) >= 11 is 1.60. The largest absolute Gasteiger partial charge is 0.409 e. The van der Waals surface area contributed by atoms with Crippen LogP contribution < -0.4 is 11.1 Å². The van der Waals surface area contributed by atoms with Crippen LogP contribution in [-0.4, -0.2) is 28.0 Å². The quantitative estimate of drug-likeness (QED) is 0.345. The Hall–Kier alpha value is -1.76. The molecule has 1 amide bonds. The zero-order valence-corrected chi connectivity index (χ0v) is 11.6. The number of oxime groups is 1. The number of carbonyl (C=O) groups excluding carboxylic acids is 1. The topological polar surface area (TPSA) is 87.7 Å². The minimum Gasteiger partial charge on any atom is -0.409 e. The molecule has 108 valence electrons. The molecule has 1 aromatic carbocycles. The Morgan fingerprint density at radius 2 is 2.30 bits per heavy atom. The molecule has 0 bridgehead atoms. The first kappa shape index (κ1) is 14.6. The van der Waals surface area contributed by atoms with Crippen molar-refractivity contribution in [1.29, 1.82) is 0 Å². The van der Waals surface area contributed by atoms with Crippen molar-refractivity contribution in [2.45, 2.75) is 24.5 Å². The van der Waals surface area contributed by atoms with Crippen molar-refractivity contribution in [2.24, 2.45) is 10.9 Å². The number of amides is 1. The van der Waals surface area contributed by atoms with E-state index in [1.807, 2.05) is 0 Å². The third-order valence-corrected chi connectivity index (χ3v) is 4.48. The molecule has 2 rings (SSSR count). The summed E-state index contributed by atoms with van der Waals surface area (Å²) < 4.78 is 13.8. The minimum absolute atomic E-state index is 0.0934. The third kappa shape index (κ3) is 3.22. The first-order valence-corrected chi connectivity index (χ1v) is 7.37. The van der Waals surface area contributed by atoms with Gasteiger partial charge in [0.1, 0.15) is 5.82 Å². The smallest absolute Gasteiger partial charge is 0.237 e. The maximum Gasteiger partial charge on any atom is 0.237 e. The number of nitrogens with two attached hydrogens (primary N) is 1. The van der Waals surface area contributed by atoms with Crippen LogP contribution in [0.2, 0.25) is 0 Å². The van der Waals surface area contributed by atoms with Gasteiger partial charge in [-0.25, -0.2) is 4.39 Å².